The van der Waals surface area contributed by atoms with Crippen molar-refractivity contribution in [3.63, 3.8) is 0 Å². The molecule has 0 aliphatic rings. The van der Waals surface area contributed by atoms with E-state index in [4.69, 9.17) is 0 Å². The van der Waals surface area contributed by atoms with E-state index < -0.39 is 16.3 Å². The molecule has 0 aromatic heterocycles. The summed E-state index contributed by atoms with van der Waals surface area (Å²) in [5.41, 5.74) is 0. The largest absolute Gasteiger partial charge is 0.393 e. The highest BCUT2D eigenvalue weighted by molar-refractivity contribution is 7.87. The lowest BCUT2D eigenvalue weighted by atomic mass is 10.1. The summed E-state index contributed by atoms with van der Waals surface area (Å²) >= 11 is 0. The molecule has 0 rings (SSSR count). The summed E-state index contributed by atoms with van der Waals surface area (Å²) < 4.78 is 27.2. The van der Waals surface area contributed by atoms with E-state index in [1.165, 1.54) is 4.31 Å². The fourth-order valence-electron chi connectivity index (χ4n) is 1.32. The molecule has 0 fully saturated rings. The van der Waals surface area contributed by atoms with Crippen molar-refractivity contribution in [2.45, 2.75) is 40.2 Å². The first-order chi connectivity index (χ1) is 7.35. The van der Waals surface area contributed by atoms with Crippen molar-refractivity contribution >= 4 is 10.2 Å². The monoisotopic (exact) mass is 252 g/mol. The van der Waals surface area contributed by atoms with Crippen LogP contribution in [0.3, 0.4) is 0 Å². The molecule has 5 nitrogen and oxygen atoms in total. The maximum atomic E-state index is 11.7. The zero-order valence-corrected chi connectivity index (χ0v) is 11.4. The van der Waals surface area contributed by atoms with Crippen molar-refractivity contribution in [3.8, 4) is 0 Å². The Morgan fingerprint density at radius 1 is 1.25 bits per heavy atom. The van der Waals surface area contributed by atoms with Crippen LogP contribution in [0.4, 0.5) is 0 Å². The van der Waals surface area contributed by atoms with E-state index in [0.29, 0.717) is 19.5 Å². The van der Waals surface area contributed by atoms with Crippen molar-refractivity contribution in [2.24, 2.45) is 5.92 Å². The first kappa shape index (κ1) is 15.8. The second kappa shape index (κ2) is 7.21. The third kappa shape index (κ3) is 5.25. The highest BCUT2D eigenvalue weighted by Gasteiger charge is 2.18. The second-order valence-electron chi connectivity index (χ2n) is 4.08. The van der Waals surface area contributed by atoms with Gasteiger partial charge in [-0.2, -0.15) is 12.7 Å². The second-order valence-corrected chi connectivity index (χ2v) is 5.84. The van der Waals surface area contributed by atoms with E-state index in [9.17, 15) is 13.5 Å². The van der Waals surface area contributed by atoms with Crippen LogP contribution in [0.25, 0.3) is 0 Å². The van der Waals surface area contributed by atoms with Crippen LogP contribution in [0.5, 0.6) is 0 Å². The molecule has 16 heavy (non-hydrogen) atoms. The molecule has 0 amide bonds. The molecule has 0 aromatic carbocycles. The topological polar surface area (TPSA) is 69.6 Å². The Morgan fingerprint density at radius 2 is 1.75 bits per heavy atom. The highest BCUT2D eigenvalue weighted by Crippen LogP contribution is 2.05. The standard InChI is InChI=1S/C10H24N2O3S/c1-5-12(6-2)16(14,15)11-8-7-10(13)9(3)4/h9-11,13H,5-8H2,1-4H3. The Bertz CT molecular complexity index is 274. The van der Waals surface area contributed by atoms with Gasteiger partial charge in [-0.25, -0.2) is 4.72 Å². The summed E-state index contributed by atoms with van der Waals surface area (Å²) in [6.07, 6.45) is -0.0163. The SMILES string of the molecule is CCN(CC)S(=O)(=O)NCCC(O)C(C)C. The molecule has 0 heterocycles. The number of aliphatic hydroxyl groups is 1. The Balaban J connectivity index is 4.10. The van der Waals surface area contributed by atoms with Crippen molar-refractivity contribution in [1.29, 1.82) is 0 Å². The van der Waals surface area contributed by atoms with Crippen LogP contribution in [-0.4, -0.2) is 43.6 Å². The Morgan fingerprint density at radius 3 is 2.12 bits per heavy atom. The van der Waals surface area contributed by atoms with Crippen LogP contribution in [-0.2, 0) is 10.2 Å². The molecular weight excluding hydrogens is 228 g/mol. The molecule has 2 N–H and O–H groups in total. The predicted octanol–water partition coefficient (Wildman–Crippen LogP) is 0.570. The number of hydrogen-bond donors (Lipinski definition) is 2. The number of rotatable bonds is 8. The van der Waals surface area contributed by atoms with Gasteiger partial charge in [0.1, 0.15) is 0 Å². The summed E-state index contributed by atoms with van der Waals surface area (Å²) in [7, 11) is -3.37. The average molecular weight is 252 g/mol. The van der Waals surface area contributed by atoms with E-state index in [0.717, 1.165) is 0 Å². The van der Waals surface area contributed by atoms with E-state index >= 15 is 0 Å². The summed E-state index contributed by atoms with van der Waals surface area (Å²) in [5.74, 6) is 0.151. The van der Waals surface area contributed by atoms with Gasteiger partial charge >= 0.3 is 0 Å². The van der Waals surface area contributed by atoms with Gasteiger partial charge < -0.3 is 5.11 Å². The van der Waals surface area contributed by atoms with Gasteiger partial charge in [0.25, 0.3) is 10.2 Å². The number of nitrogens with zero attached hydrogens (tertiary/aromatic N) is 1. The molecule has 0 aliphatic carbocycles. The third-order valence-electron chi connectivity index (χ3n) is 2.54. The summed E-state index contributed by atoms with van der Waals surface area (Å²) in [6, 6.07) is 0. The number of nitrogens with one attached hydrogen (secondary N) is 1. The number of aliphatic hydroxyl groups excluding tert-OH is 1. The van der Waals surface area contributed by atoms with E-state index in [1.807, 2.05) is 13.8 Å². The molecule has 0 aliphatic heterocycles. The zero-order valence-electron chi connectivity index (χ0n) is 10.6. The number of hydrogen-bond acceptors (Lipinski definition) is 3. The van der Waals surface area contributed by atoms with Gasteiger partial charge in [0, 0.05) is 19.6 Å². The smallest absolute Gasteiger partial charge is 0.279 e. The van der Waals surface area contributed by atoms with Crippen LogP contribution in [0.15, 0.2) is 0 Å². The molecule has 0 spiro atoms. The summed E-state index contributed by atoms with van der Waals surface area (Å²) in [4.78, 5) is 0. The first-order valence-corrected chi connectivity index (χ1v) is 7.21. The van der Waals surface area contributed by atoms with Gasteiger partial charge in [0.05, 0.1) is 6.10 Å². The van der Waals surface area contributed by atoms with Crippen LogP contribution in [0, 0.1) is 5.92 Å². The van der Waals surface area contributed by atoms with Crippen molar-refractivity contribution in [2.75, 3.05) is 19.6 Å². The highest BCUT2D eigenvalue weighted by atomic mass is 32.2. The van der Waals surface area contributed by atoms with Crippen molar-refractivity contribution in [3.05, 3.63) is 0 Å². The van der Waals surface area contributed by atoms with Gasteiger partial charge in [-0.05, 0) is 12.3 Å². The van der Waals surface area contributed by atoms with Crippen LogP contribution >= 0.6 is 0 Å². The molecular formula is C10H24N2O3S. The fourth-order valence-corrected chi connectivity index (χ4v) is 2.56. The minimum atomic E-state index is -3.37. The average Bonchev–Trinajstić information content (AvgIpc) is 2.18. The normalized spacial score (nSPS) is 14.7. The minimum absolute atomic E-state index is 0.151. The summed E-state index contributed by atoms with van der Waals surface area (Å²) in [5, 5.41) is 9.53. The molecule has 6 heteroatoms. The van der Waals surface area contributed by atoms with Crippen molar-refractivity contribution < 1.29 is 13.5 Å². The van der Waals surface area contributed by atoms with Gasteiger partial charge in [-0.15, -0.1) is 0 Å². The van der Waals surface area contributed by atoms with Crippen molar-refractivity contribution in [1.82, 2.24) is 9.03 Å². The van der Waals surface area contributed by atoms with Crippen LogP contribution < -0.4 is 4.72 Å². The third-order valence-corrected chi connectivity index (χ3v) is 4.30. The lowest BCUT2D eigenvalue weighted by Crippen LogP contribution is -2.41. The quantitative estimate of drug-likeness (QED) is 0.663. The van der Waals surface area contributed by atoms with Gasteiger partial charge in [-0.1, -0.05) is 27.7 Å². The summed E-state index contributed by atoms with van der Waals surface area (Å²) in [6.45, 7) is 8.60. The lowest BCUT2D eigenvalue weighted by molar-refractivity contribution is 0.117. The molecule has 0 saturated carbocycles. The Kier molecular flexibility index (Phi) is 7.14. The van der Waals surface area contributed by atoms with Gasteiger partial charge in [0.15, 0.2) is 0 Å². The van der Waals surface area contributed by atoms with Gasteiger partial charge in [-0.3, -0.25) is 0 Å². The molecule has 0 radical (unpaired) electrons. The lowest BCUT2D eigenvalue weighted by Gasteiger charge is -2.20. The maximum absolute atomic E-state index is 11.7. The zero-order chi connectivity index (χ0) is 12.8. The van der Waals surface area contributed by atoms with E-state index in [2.05, 4.69) is 4.72 Å². The van der Waals surface area contributed by atoms with Crippen LogP contribution in [0.1, 0.15) is 34.1 Å². The maximum Gasteiger partial charge on any atom is 0.279 e. The minimum Gasteiger partial charge on any atom is -0.393 e. The predicted molar refractivity (Wildman–Crippen MR) is 65.3 cm³/mol. The van der Waals surface area contributed by atoms with Crippen LogP contribution in [0.2, 0.25) is 0 Å². The Labute approximate surface area is 99.0 Å². The fraction of sp³-hybridized carbons (Fsp3) is 1.00. The Hall–Kier alpha value is -0.170. The molecule has 1 unspecified atom stereocenters. The molecule has 0 aromatic rings. The molecule has 1 atom stereocenters. The molecule has 0 bridgehead atoms. The molecule has 98 valence electrons. The van der Waals surface area contributed by atoms with Gasteiger partial charge in [0.2, 0.25) is 0 Å². The van der Waals surface area contributed by atoms with E-state index in [-0.39, 0.29) is 12.5 Å². The molecule has 0 saturated heterocycles. The van der Waals surface area contributed by atoms with E-state index in [1.54, 1.807) is 13.8 Å². The first-order valence-electron chi connectivity index (χ1n) is 5.77.